The van der Waals surface area contributed by atoms with Crippen molar-refractivity contribution in [2.24, 2.45) is 0 Å². The molecule has 20 heavy (non-hydrogen) atoms. The van der Waals surface area contributed by atoms with Crippen LogP contribution in [0.15, 0.2) is 24.5 Å². The Morgan fingerprint density at radius 2 is 2.05 bits per heavy atom. The Morgan fingerprint density at radius 3 is 2.80 bits per heavy atom. The van der Waals surface area contributed by atoms with E-state index in [1.807, 2.05) is 23.1 Å². The van der Waals surface area contributed by atoms with Crippen molar-refractivity contribution in [3.63, 3.8) is 0 Å². The fourth-order valence-electron chi connectivity index (χ4n) is 3.70. The molecule has 2 aliphatic rings. The Bertz CT molecular complexity index is 652. The molecule has 2 atom stereocenters. The van der Waals surface area contributed by atoms with Gasteiger partial charge >= 0.3 is 0 Å². The van der Waals surface area contributed by atoms with Gasteiger partial charge in [0.25, 0.3) is 5.91 Å². The third kappa shape index (κ3) is 1.73. The van der Waals surface area contributed by atoms with Gasteiger partial charge < -0.3 is 15.0 Å². The van der Waals surface area contributed by atoms with Crippen molar-refractivity contribution in [2.45, 2.75) is 43.9 Å². The lowest BCUT2D eigenvalue weighted by atomic mass is 9.98. The molecule has 0 radical (unpaired) electrons. The molecule has 2 aromatic rings. The van der Waals surface area contributed by atoms with E-state index in [9.17, 15) is 9.90 Å². The zero-order valence-electron chi connectivity index (χ0n) is 11.1. The molecular formula is C15H17N3O2. The second-order valence-corrected chi connectivity index (χ2v) is 5.86. The third-order valence-corrected chi connectivity index (χ3v) is 4.61. The number of rotatable bonds is 1. The Balaban J connectivity index is 1.66. The summed E-state index contributed by atoms with van der Waals surface area (Å²) in [5.74, 6) is 0.0842. The summed E-state index contributed by atoms with van der Waals surface area (Å²) in [5.41, 5.74) is 2.47. The molecule has 5 heteroatoms. The van der Waals surface area contributed by atoms with Crippen molar-refractivity contribution in [3.8, 4) is 0 Å². The summed E-state index contributed by atoms with van der Waals surface area (Å²) < 4.78 is 0. The molecule has 0 spiro atoms. The van der Waals surface area contributed by atoms with E-state index in [0.717, 1.165) is 23.9 Å². The predicted molar refractivity (Wildman–Crippen MR) is 74.3 cm³/mol. The molecule has 1 aromatic heterocycles. The quantitative estimate of drug-likeness (QED) is 0.829. The van der Waals surface area contributed by atoms with E-state index < -0.39 is 0 Å². The van der Waals surface area contributed by atoms with Crippen LogP contribution in [0.5, 0.6) is 0 Å². The number of aromatic nitrogens is 2. The predicted octanol–water partition coefficient (Wildman–Crippen LogP) is 1.69. The number of hydrogen-bond donors (Lipinski definition) is 2. The van der Waals surface area contributed by atoms with Crippen LogP contribution in [-0.4, -0.2) is 44.1 Å². The number of aliphatic hydroxyl groups is 1. The fourth-order valence-corrected chi connectivity index (χ4v) is 3.70. The largest absolute Gasteiger partial charge is 0.393 e. The number of benzene rings is 1. The van der Waals surface area contributed by atoms with Crippen LogP contribution >= 0.6 is 0 Å². The van der Waals surface area contributed by atoms with Crippen LogP contribution in [0, 0.1) is 0 Å². The molecule has 2 fully saturated rings. The van der Waals surface area contributed by atoms with E-state index in [1.165, 1.54) is 0 Å². The molecule has 2 unspecified atom stereocenters. The summed E-state index contributed by atoms with van der Waals surface area (Å²) in [6.07, 6.45) is 4.86. The van der Waals surface area contributed by atoms with Crippen LogP contribution in [0.1, 0.15) is 36.0 Å². The van der Waals surface area contributed by atoms with Crippen LogP contribution in [-0.2, 0) is 0 Å². The molecule has 2 N–H and O–H groups in total. The van der Waals surface area contributed by atoms with Gasteiger partial charge in [-0.05, 0) is 43.9 Å². The molecule has 5 nitrogen and oxygen atoms in total. The SMILES string of the molecule is O=C(c1ccc2nc[nH]c2c1)N1C2CCC1CC(O)C2. The van der Waals surface area contributed by atoms with Gasteiger partial charge in [-0.1, -0.05) is 0 Å². The van der Waals surface area contributed by atoms with E-state index >= 15 is 0 Å². The number of piperidine rings is 1. The highest BCUT2D eigenvalue weighted by molar-refractivity contribution is 5.97. The number of hydrogen-bond acceptors (Lipinski definition) is 3. The zero-order valence-corrected chi connectivity index (χ0v) is 11.1. The number of fused-ring (bicyclic) bond motifs is 3. The molecule has 4 rings (SSSR count). The van der Waals surface area contributed by atoms with E-state index in [4.69, 9.17) is 0 Å². The van der Waals surface area contributed by atoms with Gasteiger partial charge in [-0.2, -0.15) is 0 Å². The molecule has 2 saturated heterocycles. The molecule has 104 valence electrons. The van der Waals surface area contributed by atoms with Crippen LogP contribution in [0.2, 0.25) is 0 Å². The van der Waals surface area contributed by atoms with Crippen molar-refractivity contribution in [2.75, 3.05) is 0 Å². The number of carbonyl (C=O) groups excluding carboxylic acids is 1. The van der Waals surface area contributed by atoms with E-state index in [2.05, 4.69) is 9.97 Å². The maximum Gasteiger partial charge on any atom is 0.254 e. The second-order valence-electron chi connectivity index (χ2n) is 5.86. The van der Waals surface area contributed by atoms with Crippen molar-refractivity contribution >= 4 is 16.9 Å². The number of aliphatic hydroxyl groups excluding tert-OH is 1. The van der Waals surface area contributed by atoms with Crippen molar-refractivity contribution in [1.29, 1.82) is 0 Å². The van der Waals surface area contributed by atoms with Gasteiger partial charge in [-0.15, -0.1) is 0 Å². The number of nitrogens with one attached hydrogen (secondary N) is 1. The fraction of sp³-hybridized carbons (Fsp3) is 0.467. The minimum atomic E-state index is -0.244. The van der Waals surface area contributed by atoms with Crippen LogP contribution in [0.3, 0.4) is 0 Å². The zero-order chi connectivity index (χ0) is 13.7. The van der Waals surface area contributed by atoms with E-state index in [0.29, 0.717) is 18.4 Å². The molecule has 1 amide bonds. The molecule has 1 aromatic carbocycles. The van der Waals surface area contributed by atoms with Crippen LogP contribution in [0.4, 0.5) is 0 Å². The summed E-state index contributed by atoms with van der Waals surface area (Å²) in [4.78, 5) is 21.9. The summed E-state index contributed by atoms with van der Waals surface area (Å²) in [7, 11) is 0. The number of imidazole rings is 1. The second kappa shape index (κ2) is 4.31. The summed E-state index contributed by atoms with van der Waals surface area (Å²) in [6.45, 7) is 0. The highest BCUT2D eigenvalue weighted by Crippen LogP contribution is 2.36. The smallest absolute Gasteiger partial charge is 0.254 e. The van der Waals surface area contributed by atoms with E-state index in [-0.39, 0.29) is 24.1 Å². The summed E-state index contributed by atoms with van der Waals surface area (Å²) in [5, 5.41) is 9.82. The van der Waals surface area contributed by atoms with Gasteiger partial charge in [0, 0.05) is 17.6 Å². The van der Waals surface area contributed by atoms with Crippen LogP contribution in [0.25, 0.3) is 11.0 Å². The first kappa shape index (κ1) is 11.9. The first-order valence-corrected chi connectivity index (χ1v) is 7.16. The minimum Gasteiger partial charge on any atom is -0.393 e. The highest BCUT2D eigenvalue weighted by Gasteiger charge is 2.42. The molecular weight excluding hydrogens is 254 g/mol. The first-order valence-electron chi connectivity index (χ1n) is 7.16. The summed E-state index contributed by atoms with van der Waals surface area (Å²) >= 11 is 0. The van der Waals surface area contributed by atoms with Crippen molar-refractivity contribution in [3.05, 3.63) is 30.1 Å². The Hall–Kier alpha value is -1.88. The lowest BCUT2D eigenvalue weighted by molar-refractivity contribution is 0.0287. The average Bonchev–Trinajstić information content (AvgIpc) is 3.00. The average molecular weight is 271 g/mol. The number of amides is 1. The van der Waals surface area contributed by atoms with Gasteiger partial charge in [0.15, 0.2) is 0 Å². The first-order chi connectivity index (χ1) is 9.72. The maximum absolute atomic E-state index is 12.7. The number of nitrogens with zero attached hydrogens (tertiary/aromatic N) is 2. The van der Waals surface area contributed by atoms with Gasteiger partial charge in [0.05, 0.1) is 23.5 Å². The van der Waals surface area contributed by atoms with Gasteiger partial charge in [0.2, 0.25) is 0 Å². The standard InChI is InChI=1S/C15H17N3O2/c19-12-6-10-2-3-11(7-12)18(10)15(20)9-1-4-13-14(5-9)17-8-16-13/h1,4-5,8,10-12,19H,2-3,6-7H2,(H,16,17). The lowest BCUT2D eigenvalue weighted by Crippen LogP contribution is -2.48. The number of aromatic amines is 1. The molecule has 0 aliphatic carbocycles. The third-order valence-electron chi connectivity index (χ3n) is 4.61. The normalized spacial score (nSPS) is 29.1. The molecule has 2 aliphatic heterocycles. The highest BCUT2D eigenvalue weighted by atomic mass is 16.3. The Morgan fingerprint density at radius 1 is 1.30 bits per heavy atom. The van der Waals surface area contributed by atoms with Crippen LogP contribution < -0.4 is 0 Å². The lowest BCUT2D eigenvalue weighted by Gasteiger charge is -2.37. The summed E-state index contributed by atoms with van der Waals surface area (Å²) in [6, 6.07) is 5.99. The van der Waals surface area contributed by atoms with Crippen molar-refractivity contribution < 1.29 is 9.90 Å². The van der Waals surface area contributed by atoms with E-state index in [1.54, 1.807) is 6.33 Å². The molecule has 2 bridgehead atoms. The van der Waals surface area contributed by atoms with Gasteiger partial charge in [-0.3, -0.25) is 4.79 Å². The maximum atomic E-state index is 12.7. The molecule has 3 heterocycles. The van der Waals surface area contributed by atoms with Crippen molar-refractivity contribution in [1.82, 2.24) is 14.9 Å². The minimum absolute atomic E-state index is 0.0842. The molecule has 0 saturated carbocycles. The Labute approximate surface area is 116 Å². The van der Waals surface area contributed by atoms with Gasteiger partial charge in [0.1, 0.15) is 0 Å². The van der Waals surface area contributed by atoms with Gasteiger partial charge in [-0.25, -0.2) is 4.98 Å². The Kier molecular flexibility index (Phi) is 2.57. The monoisotopic (exact) mass is 271 g/mol. The number of H-pyrrole nitrogens is 1. The topological polar surface area (TPSA) is 69.2 Å². The number of carbonyl (C=O) groups is 1.